The summed E-state index contributed by atoms with van der Waals surface area (Å²) in [4.78, 5) is 15.5. The van der Waals surface area contributed by atoms with Crippen LogP contribution in [0.1, 0.15) is 46.0 Å². The first-order valence-electron chi connectivity index (χ1n) is 8.19. The van der Waals surface area contributed by atoms with E-state index in [9.17, 15) is 0 Å². The first-order chi connectivity index (χ1) is 10.3. The Morgan fingerprint density at radius 3 is 2.33 bits per heavy atom. The third kappa shape index (κ3) is 4.44. The van der Waals surface area contributed by atoms with Gasteiger partial charge in [0.1, 0.15) is 0 Å². The van der Waals surface area contributed by atoms with E-state index in [1.54, 1.807) is 0 Å². The summed E-state index contributed by atoms with van der Waals surface area (Å²) in [7, 11) is 1.84. The van der Waals surface area contributed by atoms with E-state index >= 15 is 0 Å². The number of rotatable bonds is 8. The number of hydrogen-bond donors (Lipinski definition) is 2. The molecule has 0 bridgehead atoms. The fraction of sp³-hybridized carbons (Fsp3) is 0.800. The number of nitrogens with one attached hydrogen (secondary N) is 2. The monoisotopic (exact) mass is 292 g/mol. The van der Waals surface area contributed by atoms with Crippen molar-refractivity contribution in [2.75, 3.05) is 42.2 Å². The number of nitrogens with zero attached hydrogens (tertiary/aromatic N) is 4. The molecule has 0 unspecified atom stereocenters. The quantitative estimate of drug-likeness (QED) is 0.768. The van der Waals surface area contributed by atoms with Gasteiger partial charge >= 0.3 is 0 Å². The standard InChI is InChI=1S/C15H28N6/c1-4-21(5-2)15-19-13(16-3)18-14(20-15)17-11-10-12-8-6-7-9-12/h12H,4-11H2,1-3H3,(H2,16,17,18,19,20). The zero-order chi connectivity index (χ0) is 15.1. The van der Waals surface area contributed by atoms with Gasteiger partial charge < -0.3 is 15.5 Å². The Hall–Kier alpha value is -1.59. The van der Waals surface area contributed by atoms with Crippen LogP contribution in [0.2, 0.25) is 0 Å². The molecule has 0 saturated heterocycles. The Kier molecular flexibility index (Phi) is 6.02. The molecule has 21 heavy (non-hydrogen) atoms. The molecule has 1 aliphatic rings. The topological polar surface area (TPSA) is 66.0 Å². The van der Waals surface area contributed by atoms with Gasteiger partial charge in [-0.15, -0.1) is 0 Å². The van der Waals surface area contributed by atoms with Gasteiger partial charge in [-0.1, -0.05) is 25.7 Å². The predicted molar refractivity (Wildman–Crippen MR) is 88.0 cm³/mol. The zero-order valence-electron chi connectivity index (χ0n) is 13.5. The molecule has 6 heteroatoms. The lowest BCUT2D eigenvalue weighted by Crippen LogP contribution is -2.25. The van der Waals surface area contributed by atoms with Gasteiger partial charge in [-0.25, -0.2) is 0 Å². The van der Waals surface area contributed by atoms with Crippen molar-refractivity contribution in [2.24, 2.45) is 5.92 Å². The molecule has 1 heterocycles. The summed E-state index contributed by atoms with van der Waals surface area (Å²) in [5.41, 5.74) is 0. The van der Waals surface area contributed by atoms with Crippen LogP contribution in [-0.4, -0.2) is 41.6 Å². The molecule has 1 aliphatic carbocycles. The van der Waals surface area contributed by atoms with Crippen molar-refractivity contribution in [3.8, 4) is 0 Å². The Bertz CT molecular complexity index is 426. The second kappa shape index (κ2) is 8.00. The number of anilines is 3. The Balaban J connectivity index is 1.98. The van der Waals surface area contributed by atoms with Crippen LogP contribution in [0.4, 0.5) is 17.8 Å². The third-order valence-corrected chi connectivity index (χ3v) is 4.20. The first kappa shape index (κ1) is 15.8. The predicted octanol–water partition coefficient (Wildman–Crippen LogP) is 2.75. The molecule has 0 spiro atoms. The van der Waals surface area contributed by atoms with Crippen molar-refractivity contribution in [2.45, 2.75) is 46.0 Å². The van der Waals surface area contributed by atoms with Crippen LogP contribution >= 0.6 is 0 Å². The molecule has 0 atom stereocenters. The van der Waals surface area contributed by atoms with Crippen LogP contribution in [0, 0.1) is 5.92 Å². The zero-order valence-corrected chi connectivity index (χ0v) is 13.5. The van der Waals surface area contributed by atoms with E-state index in [2.05, 4.69) is 44.3 Å². The van der Waals surface area contributed by atoms with E-state index in [1.807, 2.05) is 7.05 Å². The summed E-state index contributed by atoms with van der Waals surface area (Å²) in [5.74, 6) is 2.91. The van der Waals surface area contributed by atoms with Crippen molar-refractivity contribution < 1.29 is 0 Å². The van der Waals surface area contributed by atoms with E-state index in [4.69, 9.17) is 0 Å². The van der Waals surface area contributed by atoms with Crippen LogP contribution in [0.5, 0.6) is 0 Å². The molecule has 2 rings (SSSR count). The summed E-state index contributed by atoms with van der Waals surface area (Å²) < 4.78 is 0. The minimum Gasteiger partial charge on any atom is -0.357 e. The molecule has 0 radical (unpaired) electrons. The maximum atomic E-state index is 4.54. The summed E-state index contributed by atoms with van der Waals surface area (Å²) >= 11 is 0. The molecule has 1 fully saturated rings. The van der Waals surface area contributed by atoms with Gasteiger partial charge in [-0.05, 0) is 26.2 Å². The normalized spacial score (nSPS) is 15.2. The fourth-order valence-corrected chi connectivity index (χ4v) is 2.89. The maximum absolute atomic E-state index is 4.54. The molecule has 1 aromatic heterocycles. The Morgan fingerprint density at radius 2 is 1.71 bits per heavy atom. The summed E-state index contributed by atoms with van der Waals surface area (Å²) in [6.45, 7) is 6.95. The van der Waals surface area contributed by atoms with Crippen LogP contribution in [-0.2, 0) is 0 Å². The highest BCUT2D eigenvalue weighted by Crippen LogP contribution is 2.27. The second-order valence-corrected chi connectivity index (χ2v) is 5.57. The lowest BCUT2D eigenvalue weighted by Gasteiger charge is -2.19. The number of aromatic nitrogens is 3. The molecule has 1 aromatic rings. The molecule has 0 amide bonds. The molecular formula is C15H28N6. The maximum Gasteiger partial charge on any atom is 0.231 e. The molecular weight excluding hydrogens is 264 g/mol. The van der Waals surface area contributed by atoms with E-state index in [-0.39, 0.29) is 0 Å². The summed E-state index contributed by atoms with van der Waals surface area (Å²) in [5, 5.41) is 6.37. The van der Waals surface area contributed by atoms with Gasteiger partial charge in [0.25, 0.3) is 0 Å². The van der Waals surface area contributed by atoms with Crippen LogP contribution in [0.3, 0.4) is 0 Å². The average Bonchev–Trinajstić information content (AvgIpc) is 3.01. The van der Waals surface area contributed by atoms with Gasteiger partial charge in [0.2, 0.25) is 17.8 Å². The van der Waals surface area contributed by atoms with Crippen LogP contribution < -0.4 is 15.5 Å². The highest BCUT2D eigenvalue weighted by molar-refractivity contribution is 5.43. The van der Waals surface area contributed by atoms with Gasteiger partial charge in [0.05, 0.1) is 0 Å². The molecule has 118 valence electrons. The SMILES string of the molecule is CCN(CC)c1nc(NC)nc(NCCC2CCCC2)n1. The summed E-state index contributed by atoms with van der Waals surface area (Å²) in [6.07, 6.45) is 6.76. The fourth-order valence-electron chi connectivity index (χ4n) is 2.89. The van der Waals surface area contributed by atoms with Crippen LogP contribution in [0.25, 0.3) is 0 Å². The first-order valence-corrected chi connectivity index (χ1v) is 8.19. The molecule has 0 aromatic carbocycles. The van der Waals surface area contributed by atoms with Gasteiger partial charge in [-0.2, -0.15) is 15.0 Å². The molecule has 1 saturated carbocycles. The lowest BCUT2D eigenvalue weighted by atomic mass is 10.0. The Morgan fingerprint density at radius 1 is 1.05 bits per heavy atom. The van der Waals surface area contributed by atoms with Crippen molar-refractivity contribution in [1.82, 2.24) is 15.0 Å². The van der Waals surface area contributed by atoms with Crippen molar-refractivity contribution in [3.63, 3.8) is 0 Å². The molecule has 0 aliphatic heterocycles. The van der Waals surface area contributed by atoms with E-state index in [0.29, 0.717) is 11.9 Å². The van der Waals surface area contributed by atoms with Crippen molar-refractivity contribution in [1.29, 1.82) is 0 Å². The average molecular weight is 292 g/mol. The van der Waals surface area contributed by atoms with Gasteiger partial charge in [0, 0.05) is 26.7 Å². The number of hydrogen-bond acceptors (Lipinski definition) is 6. The van der Waals surface area contributed by atoms with Gasteiger partial charge in [0.15, 0.2) is 0 Å². The highest BCUT2D eigenvalue weighted by atomic mass is 15.3. The smallest absolute Gasteiger partial charge is 0.231 e. The van der Waals surface area contributed by atoms with Gasteiger partial charge in [-0.3, -0.25) is 0 Å². The second-order valence-electron chi connectivity index (χ2n) is 5.57. The van der Waals surface area contributed by atoms with Crippen molar-refractivity contribution >= 4 is 17.8 Å². The van der Waals surface area contributed by atoms with E-state index < -0.39 is 0 Å². The highest BCUT2D eigenvalue weighted by Gasteiger charge is 2.15. The van der Waals surface area contributed by atoms with Crippen molar-refractivity contribution in [3.05, 3.63) is 0 Å². The Labute approximate surface area is 127 Å². The van der Waals surface area contributed by atoms with Crippen LogP contribution in [0.15, 0.2) is 0 Å². The minimum absolute atomic E-state index is 0.621. The van der Waals surface area contributed by atoms with E-state index in [0.717, 1.165) is 31.5 Å². The summed E-state index contributed by atoms with van der Waals surface area (Å²) in [6, 6.07) is 0. The minimum atomic E-state index is 0.621. The largest absolute Gasteiger partial charge is 0.357 e. The van der Waals surface area contributed by atoms with E-state index in [1.165, 1.54) is 32.1 Å². The lowest BCUT2D eigenvalue weighted by molar-refractivity contribution is 0.518. The molecule has 6 nitrogen and oxygen atoms in total. The third-order valence-electron chi connectivity index (χ3n) is 4.20. The molecule has 2 N–H and O–H groups in total.